The van der Waals surface area contributed by atoms with Crippen LogP contribution in [0.3, 0.4) is 0 Å². The molecular weight excluding hydrogens is 162 g/mol. The standard InChI is InChI=1S/C11H9NO/c12-11-6-5-8-3-1-2-4-9(8)10(11)7-13/h1-7H,12H2. The molecule has 0 heterocycles. The van der Waals surface area contributed by atoms with Crippen molar-refractivity contribution in [1.29, 1.82) is 0 Å². The van der Waals surface area contributed by atoms with Gasteiger partial charge in [-0.25, -0.2) is 0 Å². The summed E-state index contributed by atoms with van der Waals surface area (Å²) < 4.78 is 0. The van der Waals surface area contributed by atoms with Gasteiger partial charge in [0.05, 0.1) is 0 Å². The largest absolute Gasteiger partial charge is 0.398 e. The van der Waals surface area contributed by atoms with Crippen LogP contribution in [-0.2, 0) is 0 Å². The van der Waals surface area contributed by atoms with E-state index >= 15 is 0 Å². The maximum Gasteiger partial charge on any atom is 0.152 e. The molecule has 0 aliphatic heterocycles. The van der Waals surface area contributed by atoms with Crippen molar-refractivity contribution in [2.24, 2.45) is 0 Å². The fraction of sp³-hybridized carbons (Fsp3) is 0. The zero-order valence-corrected chi connectivity index (χ0v) is 7.03. The second-order valence-electron chi connectivity index (χ2n) is 2.91. The summed E-state index contributed by atoms with van der Waals surface area (Å²) in [6.07, 6.45) is 0.803. The van der Waals surface area contributed by atoms with Gasteiger partial charge in [0.25, 0.3) is 0 Å². The van der Waals surface area contributed by atoms with Crippen molar-refractivity contribution < 1.29 is 4.79 Å². The molecule has 0 saturated carbocycles. The van der Waals surface area contributed by atoms with Gasteiger partial charge in [-0.2, -0.15) is 0 Å². The molecule has 2 aromatic carbocycles. The SMILES string of the molecule is Nc1ccc2ccccc2c1C=O. The van der Waals surface area contributed by atoms with E-state index in [-0.39, 0.29) is 0 Å². The highest BCUT2D eigenvalue weighted by Gasteiger charge is 2.02. The third kappa shape index (κ3) is 1.16. The van der Waals surface area contributed by atoms with Crippen LogP contribution in [0.25, 0.3) is 10.8 Å². The lowest BCUT2D eigenvalue weighted by atomic mass is 10.0. The molecule has 13 heavy (non-hydrogen) atoms. The van der Waals surface area contributed by atoms with Crippen LogP contribution in [0.15, 0.2) is 36.4 Å². The van der Waals surface area contributed by atoms with Crippen molar-refractivity contribution in [3.8, 4) is 0 Å². The minimum atomic E-state index is 0.536. The Labute approximate surface area is 76.0 Å². The second kappa shape index (κ2) is 2.90. The number of hydrogen-bond donors (Lipinski definition) is 1. The predicted molar refractivity (Wildman–Crippen MR) is 53.7 cm³/mol. The smallest absolute Gasteiger partial charge is 0.152 e. The third-order valence-electron chi connectivity index (χ3n) is 2.12. The fourth-order valence-electron chi connectivity index (χ4n) is 1.44. The van der Waals surface area contributed by atoms with Crippen molar-refractivity contribution in [2.75, 3.05) is 5.73 Å². The maximum absolute atomic E-state index is 10.8. The summed E-state index contributed by atoms with van der Waals surface area (Å²) in [6.45, 7) is 0. The van der Waals surface area contributed by atoms with Gasteiger partial charge in [0, 0.05) is 11.3 Å². The maximum atomic E-state index is 10.8. The molecule has 2 heteroatoms. The summed E-state index contributed by atoms with van der Waals surface area (Å²) in [5.41, 5.74) is 6.78. The summed E-state index contributed by atoms with van der Waals surface area (Å²) in [5, 5.41) is 1.95. The van der Waals surface area contributed by atoms with E-state index in [0.717, 1.165) is 17.1 Å². The summed E-state index contributed by atoms with van der Waals surface area (Å²) in [4.78, 5) is 10.8. The Hall–Kier alpha value is -1.83. The lowest BCUT2D eigenvalue weighted by Gasteiger charge is -2.02. The van der Waals surface area contributed by atoms with E-state index in [0.29, 0.717) is 11.3 Å². The number of fused-ring (bicyclic) bond motifs is 1. The number of aldehydes is 1. The van der Waals surface area contributed by atoms with Crippen LogP contribution in [0.4, 0.5) is 5.69 Å². The molecule has 0 aliphatic rings. The van der Waals surface area contributed by atoms with Crippen molar-refractivity contribution in [1.82, 2.24) is 0 Å². The quantitative estimate of drug-likeness (QED) is 0.528. The molecule has 2 aromatic rings. The molecule has 0 radical (unpaired) electrons. The Kier molecular flexibility index (Phi) is 1.74. The molecule has 0 aliphatic carbocycles. The molecule has 0 unspecified atom stereocenters. The van der Waals surface area contributed by atoms with Gasteiger partial charge in [-0.3, -0.25) is 4.79 Å². The number of nitrogen functional groups attached to an aromatic ring is 1. The lowest BCUT2D eigenvalue weighted by molar-refractivity contribution is 0.112. The summed E-state index contributed by atoms with van der Waals surface area (Å²) in [6, 6.07) is 11.4. The molecule has 0 bridgehead atoms. The first-order valence-corrected chi connectivity index (χ1v) is 4.05. The van der Waals surface area contributed by atoms with Gasteiger partial charge in [-0.1, -0.05) is 30.3 Å². The van der Waals surface area contributed by atoms with Crippen LogP contribution >= 0.6 is 0 Å². The van der Waals surface area contributed by atoms with E-state index in [4.69, 9.17) is 5.73 Å². The van der Waals surface area contributed by atoms with E-state index in [1.807, 2.05) is 30.3 Å². The van der Waals surface area contributed by atoms with E-state index < -0.39 is 0 Å². The van der Waals surface area contributed by atoms with Gasteiger partial charge in [0.15, 0.2) is 6.29 Å². The van der Waals surface area contributed by atoms with Gasteiger partial charge in [0.1, 0.15) is 0 Å². The summed E-state index contributed by atoms with van der Waals surface area (Å²) in [5.74, 6) is 0. The van der Waals surface area contributed by atoms with Crippen molar-refractivity contribution >= 4 is 22.7 Å². The van der Waals surface area contributed by atoms with Gasteiger partial charge in [0.2, 0.25) is 0 Å². The molecule has 2 nitrogen and oxygen atoms in total. The fourth-order valence-corrected chi connectivity index (χ4v) is 1.44. The number of hydrogen-bond acceptors (Lipinski definition) is 2. The molecule has 0 spiro atoms. The molecule has 0 saturated heterocycles. The van der Waals surface area contributed by atoms with Crippen molar-refractivity contribution in [3.05, 3.63) is 42.0 Å². The van der Waals surface area contributed by atoms with Crippen molar-refractivity contribution in [2.45, 2.75) is 0 Å². The van der Waals surface area contributed by atoms with Gasteiger partial charge in [-0.05, 0) is 16.8 Å². The molecule has 2 rings (SSSR count). The molecule has 0 aromatic heterocycles. The van der Waals surface area contributed by atoms with Crippen molar-refractivity contribution in [3.63, 3.8) is 0 Å². The first-order chi connectivity index (χ1) is 6.33. The highest BCUT2D eigenvalue weighted by Crippen LogP contribution is 2.22. The third-order valence-corrected chi connectivity index (χ3v) is 2.12. The van der Waals surface area contributed by atoms with Crippen LogP contribution in [0.5, 0.6) is 0 Å². The topological polar surface area (TPSA) is 43.1 Å². The van der Waals surface area contributed by atoms with Gasteiger partial charge in [-0.15, -0.1) is 0 Å². The number of nitrogens with two attached hydrogens (primary N) is 1. The van der Waals surface area contributed by atoms with Crippen LogP contribution in [0, 0.1) is 0 Å². The summed E-state index contributed by atoms with van der Waals surface area (Å²) in [7, 11) is 0. The Morgan fingerprint density at radius 3 is 2.62 bits per heavy atom. The molecule has 0 atom stereocenters. The molecule has 0 fully saturated rings. The highest BCUT2D eigenvalue weighted by atomic mass is 16.1. The zero-order valence-electron chi connectivity index (χ0n) is 7.03. The number of carbonyl (C=O) groups is 1. The van der Waals surface area contributed by atoms with Gasteiger partial charge < -0.3 is 5.73 Å². The minimum Gasteiger partial charge on any atom is -0.398 e. The molecule has 2 N–H and O–H groups in total. The lowest BCUT2D eigenvalue weighted by Crippen LogP contribution is -1.93. The minimum absolute atomic E-state index is 0.536. The normalized spacial score (nSPS) is 10.2. The molecule has 64 valence electrons. The predicted octanol–water partition coefficient (Wildman–Crippen LogP) is 2.23. The Balaban J connectivity index is 2.91. The van der Waals surface area contributed by atoms with Crippen LogP contribution < -0.4 is 5.73 Å². The first kappa shape index (κ1) is 7.80. The number of carbonyl (C=O) groups excluding carboxylic acids is 1. The zero-order chi connectivity index (χ0) is 9.26. The van der Waals surface area contributed by atoms with E-state index in [1.165, 1.54) is 0 Å². The van der Waals surface area contributed by atoms with E-state index in [2.05, 4.69) is 0 Å². The van der Waals surface area contributed by atoms with E-state index in [1.54, 1.807) is 6.07 Å². The molecular formula is C11H9NO. The Bertz CT molecular complexity index is 463. The Morgan fingerprint density at radius 1 is 1.08 bits per heavy atom. The van der Waals surface area contributed by atoms with Crippen LogP contribution in [0.1, 0.15) is 10.4 Å². The molecule has 0 amide bonds. The first-order valence-electron chi connectivity index (χ1n) is 4.05. The number of anilines is 1. The van der Waals surface area contributed by atoms with E-state index in [9.17, 15) is 4.79 Å². The average Bonchev–Trinajstić information content (AvgIpc) is 2.18. The van der Waals surface area contributed by atoms with Crippen LogP contribution in [-0.4, -0.2) is 6.29 Å². The van der Waals surface area contributed by atoms with Crippen LogP contribution in [0.2, 0.25) is 0 Å². The average molecular weight is 171 g/mol. The monoisotopic (exact) mass is 171 g/mol. The summed E-state index contributed by atoms with van der Waals surface area (Å²) >= 11 is 0. The number of benzene rings is 2. The Morgan fingerprint density at radius 2 is 1.85 bits per heavy atom. The highest BCUT2D eigenvalue weighted by molar-refractivity contribution is 6.02. The van der Waals surface area contributed by atoms with Gasteiger partial charge >= 0.3 is 0 Å². The second-order valence-corrected chi connectivity index (χ2v) is 2.91. The number of rotatable bonds is 1.